The molecule has 0 saturated heterocycles. The molecule has 0 unspecified atom stereocenters. The molecule has 2 aromatic carbocycles. The number of anilines is 1. The van der Waals surface area contributed by atoms with Gasteiger partial charge in [-0.05, 0) is 37.3 Å². The van der Waals surface area contributed by atoms with Gasteiger partial charge < -0.3 is 0 Å². The first-order valence-corrected chi connectivity index (χ1v) is 8.74. The Morgan fingerprint density at radius 1 is 1.00 bits per heavy atom. The second kappa shape index (κ2) is 8.02. The van der Waals surface area contributed by atoms with E-state index in [1.807, 2.05) is 0 Å². The van der Waals surface area contributed by atoms with Crippen molar-refractivity contribution < 1.29 is 26.3 Å². The summed E-state index contributed by atoms with van der Waals surface area (Å²) in [4.78, 5) is 0. The third-order valence-corrected chi connectivity index (χ3v) is 4.44. The molecule has 3 aromatic rings. The molecule has 158 valence electrons. The van der Waals surface area contributed by atoms with Crippen molar-refractivity contribution in [1.82, 2.24) is 9.78 Å². The number of hydrazone groups is 1. The van der Waals surface area contributed by atoms with Crippen LogP contribution in [0.5, 0.6) is 0 Å². The maximum atomic E-state index is 13.0. The largest absolute Gasteiger partial charge is 0.418 e. The molecule has 1 N–H and O–H groups in total. The van der Waals surface area contributed by atoms with E-state index in [9.17, 15) is 26.3 Å². The molecule has 0 radical (unpaired) electrons. The zero-order chi connectivity index (χ0) is 22.1. The summed E-state index contributed by atoms with van der Waals surface area (Å²) in [6, 6.07) is 9.19. The van der Waals surface area contributed by atoms with E-state index in [0.29, 0.717) is 5.69 Å². The van der Waals surface area contributed by atoms with Crippen LogP contribution in [-0.2, 0) is 12.4 Å². The van der Waals surface area contributed by atoms with Crippen LogP contribution in [0.25, 0.3) is 5.69 Å². The first-order chi connectivity index (χ1) is 14.0. The third kappa shape index (κ3) is 4.59. The Balaban J connectivity index is 1.89. The molecule has 11 heteroatoms. The molecule has 0 aliphatic heterocycles. The van der Waals surface area contributed by atoms with E-state index in [4.69, 9.17) is 11.6 Å². The molecule has 0 fully saturated rings. The van der Waals surface area contributed by atoms with Gasteiger partial charge in [0.15, 0.2) is 0 Å². The van der Waals surface area contributed by atoms with Crippen molar-refractivity contribution >= 4 is 23.5 Å². The quantitative estimate of drug-likeness (QED) is 0.289. The molecule has 0 amide bonds. The number of halogens is 7. The van der Waals surface area contributed by atoms with E-state index in [0.717, 1.165) is 29.1 Å². The molecular formula is C19H13ClF6N4. The minimum Gasteiger partial charge on any atom is -0.278 e. The van der Waals surface area contributed by atoms with E-state index < -0.39 is 23.5 Å². The molecule has 1 heterocycles. The SMILES string of the molecule is Cc1nn(-c2cccc(C(F)(F)F)c2)c(Cl)c1C=NNc1ccccc1C(F)(F)F. The Kier molecular flexibility index (Phi) is 5.80. The van der Waals surface area contributed by atoms with Crippen LogP contribution in [0.3, 0.4) is 0 Å². The Morgan fingerprint density at radius 3 is 2.37 bits per heavy atom. The lowest BCUT2D eigenvalue weighted by molar-refractivity contribution is -0.138. The first kappa shape index (κ1) is 21.7. The Bertz CT molecular complexity index is 1090. The van der Waals surface area contributed by atoms with Crippen molar-refractivity contribution in [2.24, 2.45) is 5.10 Å². The number of rotatable bonds is 4. The van der Waals surface area contributed by atoms with Crippen LogP contribution in [0.2, 0.25) is 5.15 Å². The maximum Gasteiger partial charge on any atom is 0.418 e. The first-order valence-electron chi connectivity index (χ1n) is 8.36. The number of aromatic nitrogens is 2. The number of benzene rings is 2. The minimum absolute atomic E-state index is 0.0403. The number of hydrogen-bond acceptors (Lipinski definition) is 3. The number of alkyl halides is 6. The molecule has 30 heavy (non-hydrogen) atoms. The third-order valence-electron chi connectivity index (χ3n) is 4.08. The summed E-state index contributed by atoms with van der Waals surface area (Å²) in [7, 11) is 0. The molecule has 0 spiro atoms. The minimum atomic E-state index is -4.57. The lowest BCUT2D eigenvalue weighted by Crippen LogP contribution is -2.08. The highest BCUT2D eigenvalue weighted by molar-refractivity contribution is 6.32. The number of aryl methyl sites for hydroxylation is 1. The highest BCUT2D eigenvalue weighted by Crippen LogP contribution is 2.35. The van der Waals surface area contributed by atoms with E-state index in [-0.39, 0.29) is 22.1 Å². The lowest BCUT2D eigenvalue weighted by Gasteiger charge is -2.11. The van der Waals surface area contributed by atoms with Gasteiger partial charge in [0.25, 0.3) is 0 Å². The van der Waals surface area contributed by atoms with Crippen LogP contribution >= 0.6 is 11.6 Å². The van der Waals surface area contributed by atoms with Crippen LogP contribution in [0.4, 0.5) is 32.0 Å². The van der Waals surface area contributed by atoms with Gasteiger partial charge in [-0.3, -0.25) is 5.43 Å². The highest BCUT2D eigenvalue weighted by Gasteiger charge is 2.33. The Hall–Kier alpha value is -3.01. The molecule has 0 atom stereocenters. The Morgan fingerprint density at radius 2 is 1.70 bits per heavy atom. The molecule has 0 aliphatic rings. The second-order valence-electron chi connectivity index (χ2n) is 6.16. The number of nitrogens with one attached hydrogen (secondary N) is 1. The lowest BCUT2D eigenvalue weighted by atomic mass is 10.2. The van der Waals surface area contributed by atoms with Crippen LogP contribution < -0.4 is 5.43 Å². The van der Waals surface area contributed by atoms with Gasteiger partial charge in [-0.1, -0.05) is 29.8 Å². The predicted molar refractivity (Wildman–Crippen MR) is 101 cm³/mol. The van der Waals surface area contributed by atoms with E-state index in [1.165, 1.54) is 30.3 Å². The average Bonchev–Trinajstić information content (AvgIpc) is 2.95. The molecule has 3 rings (SSSR count). The van der Waals surface area contributed by atoms with Gasteiger partial charge in [0.05, 0.1) is 40.0 Å². The summed E-state index contributed by atoms with van der Waals surface area (Å²) in [6.07, 6.45) is -7.95. The van der Waals surface area contributed by atoms with Gasteiger partial charge in [0.1, 0.15) is 5.15 Å². The van der Waals surface area contributed by atoms with E-state index >= 15 is 0 Å². The van der Waals surface area contributed by atoms with Crippen LogP contribution in [0, 0.1) is 6.92 Å². The van der Waals surface area contributed by atoms with Crippen molar-refractivity contribution in [3.05, 3.63) is 76.1 Å². The fourth-order valence-corrected chi connectivity index (χ4v) is 2.96. The number of hydrogen-bond donors (Lipinski definition) is 1. The van der Waals surface area contributed by atoms with Gasteiger partial charge in [-0.15, -0.1) is 0 Å². The molecule has 0 aliphatic carbocycles. The zero-order valence-corrected chi connectivity index (χ0v) is 15.9. The van der Waals surface area contributed by atoms with Crippen molar-refractivity contribution in [3.63, 3.8) is 0 Å². The summed E-state index contributed by atoms with van der Waals surface area (Å²) < 4.78 is 79.0. The monoisotopic (exact) mass is 446 g/mol. The van der Waals surface area contributed by atoms with Gasteiger partial charge in [-0.2, -0.15) is 36.5 Å². The number of nitrogens with zero attached hydrogens (tertiary/aromatic N) is 3. The maximum absolute atomic E-state index is 13.0. The van der Waals surface area contributed by atoms with Gasteiger partial charge in [-0.25, -0.2) is 4.68 Å². The standard InChI is InChI=1S/C19H13ClF6N4/c1-11-14(10-27-28-16-8-3-2-7-15(16)19(24,25)26)17(20)30(29-11)13-6-4-5-12(9-13)18(21,22)23/h2-10,28H,1H3. The average molecular weight is 447 g/mol. The number of para-hydroxylation sites is 1. The normalized spacial score (nSPS) is 12.5. The van der Waals surface area contributed by atoms with Crippen molar-refractivity contribution in [2.75, 3.05) is 5.43 Å². The molecule has 0 saturated carbocycles. The van der Waals surface area contributed by atoms with Crippen LogP contribution in [0.1, 0.15) is 22.4 Å². The van der Waals surface area contributed by atoms with Crippen molar-refractivity contribution in [3.8, 4) is 5.69 Å². The molecule has 0 bridgehead atoms. The second-order valence-corrected chi connectivity index (χ2v) is 6.52. The highest BCUT2D eigenvalue weighted by atomic mass is 35.5. The van der Waals surface area contributed by atoms with Gasteiger partial charge in [0.2, 0.25) is 0 Å². The smallest absolute Gasteiger partial charge is 0.278 e. The van der Waals surface area contributed by atoms with Gasteiger partial charge >= 0.3 is 12.4 Å². The molecule has 1 aromatic heterocycles. The molecular weight excluding hydrogens is 434 g/mol. The summed E-state index contributed by atoms with van der Waals surface area (Å²) >= 11 is 6.24. The summed E-state index contributed by atoms with van der Waals surface area (Å²) in [5.41, 5.74) is 0.918. The zero-order valence-electron chi connectivity index (χ0n) is 15.2. The summed E-state index contributed by atoms with van der Waals surface area (Å²) in [5, 5.41) is 7.84. The van der Waals surface area contributed by atoms with E-state index in [1.54, 1.807) is 6.92 Å². The summed E-state index contributed by atoms with van der Waals surface area (Å²) in [6.45, 7) is 1.54. The van der Waals surface area contributed by atoms with Crippen LogP contribution in [0.15, 0.2) is 53.6 Å². The Labute approximate surface area is 171 Å². The van der Waals surface area contributed by atoms with E-state index in [2.05, 4.69) is 15.6 Å². The fourth-order valence-electron chi connectivity index (χ4n) is 2.64. The predicted octanol–water partition coefficient (Wildman–Crippen LogP) is 6.32. The van der Waals surface area contributed by atoms with Crippen molar-refractivity contribution in [2.45, 2.75) is 19.3 Å². The fraction of sp³-hybridized carbons (Fsp3) is 0.158. The summed E-state index contributed by atoms with van der Waals surface area (Å²) in [5.74, 6) is 0. The van der Waals surface area contributed by atoms with Crippen molar-refractivity contribution in [1.29, 1.82) is 0 Å². The molecule has 4 nitrogen and oxygen atoms in total. The topological polar surface area (TPSA) is 42.2 Å². The van der Waals surface area contributed by atoms with Gasteiger partial charge in [0, 0.05) is 0 Å². The van der Waals surface area contributed by atoms with Crippen LogP contribution in [-0.4, -0.2) is 16.0 Å².